The van der Waals surface area contributed by atoms with Crippen LogP contribution in [0, 0.1) is 11.8 Å². The molecule has 102 valence electrons. The highest BCUT2D eigenvalue weighted by molar-refractivity contribution is 5.56. The van der Waals surface area contributed by atoms with Gasteiger partial charge in [-0.3, -0.25) is 0 Å². The van der Waals surface area contributed by atoms with Crippen LogP contribution in [0.2, 0.25) is 0 Å². The fraction of sp³-hybridized carbons (Fsp3) is 0.571. The molecule has 0 spiro atoms. The van der Waals surface area contributed by atoms with Crippen LogP contribution in [0.25, 0.3) is 0 Å². The molecular formula is C14H15F2NO2. The Balaban J connectivity index is 1.51. The monoisotopic (exact) mass is 267 g/mol. The lowest BCUT2D eigenvalue weighted by Crippen LogP contribution is -2.26. The molecule has 4 rings (SSSR count). The molecule has 0 saturated heterocycles. The third-order valence-electron chi connectivity index (χ3n) is 4.49. The van der Waals surface area contributed by atoms with Crippen molar-refractivity contribution in [3.8, 4) is 11.5 Å². The molecular weight excluding hydrogens is 252 g/mol. The number of ether oxygens (including phenoxy) is 2. The molecule has 1 heterocycles. The first kappa shape index (κ1) is 11.3. The van der Waals surface area contributed by atoms with Crippen LogP contribution in [-0.4, -0.2) is 12.3 Å². The van der Waals surface area contributed by atoms with E-state index < -0.39 is 6.29 Å². The van der Waals surface area contributed by atoms with Crippen LogP contribution in [0.15, 0.2) is 18.2 Å². The third kappa shape index (κ3) is 1.91. The Morgan fingerprint density at radius 1 is 1.11 bits per heavy atom. The Morgan fingerprint density at radius 2 is 1.95 bits per heavy atom. The van der Waals surface area contributed by atoms with Crippen LogP contribution < -0.4 is 14.8 Å². The molecule has 19 heavy (non-hydrogen) atoms. The summed E-state index contributed by atoms with van der Waals surface area (Å²) in [6, 6.07) is 5.38. The first-order valence-corrected chi connectivity index (χ1v) is 6.75. The van der Waals surface area contributed by atoms with Gasteiger partial charge in [0.2, 0.25) is 0 Å². The number of fused-ring (bicyclic) bond motifs is 3. The number of halogens is 2. The number of hydrogen-bond donors (Lipinski definition) is 1. The smallest absolute Gasteiger partial charge is 0.395 e. The van der Waals surface area contributed by atoms with E-state index in [1.165, 1.54) is 31.7 Å². The first-order chi connectivity index (χ1) is 9.09. The maximum absolute atomic E-state index is 12.9. The summed E-state index contributed by atoms with van der Waals surface area (Å²) in [5.74, 6) is 1.79. The van der Waals surface area contributed by atoms with Gasteiger partial charge in [-0.15, -0.1) is 8.78 Å². The Hall–Kier alpha value is -1.52. The molecule has 1 aliphatic heterocycles. The first-order valence-electron chi connectivity index (χ1n) is 6.75. The zero-order chi connectivity index (χ0) is 13.0. The predicted molar refractivity (Wildman–Crippen MR) is 65.5 cm³/mol. The molecule has 2 fully saturated rings. The van der Waals surface area contributed by atoms with Crippen LogP contribution in [0.4, 0.5) is 14.5 Å². The second-order valence-corrected chi connectivity index (χ2v) is 5.75. The highest BCUT2D eigenvalue weighted by Crippen LogP contribution is 2.47. The molecule has 2 aliphatic carbocycles. The van der Waals surface area contributed by atoms with Gasteiger partial charge >= 0.3 is 6.29 Å². The van der Waals surface area contributed by atoms with Gasteiger partial charge in [0.05, 0.1) is 0 Å². The summed E-state index contributed by atoms with van der Waals surface area (Å²) >= 11 is 0. The second kappa shape index (κ2) is 3.74. The quantitative estimate of drug-likeness (QED) is 0.888. The normalized spacial score (nSPS) is 33.7. The molecule has 3 unspecified atom stereocenters. The lowest BCUT2D eigenvalue weighted by atomic mass is 9.95. The van der Waals surface area contributed by atoms with E-state index in [-0.39, 0.29) is 11.5 Å². The predicted octanol–water partition coefficient (Wildman–Crippen LogP) is 3.61. The molecule has 1 aromatic carbocycles. The molecule has 1 aromatic rings. The fourth-order valence-electron chi connectivity index (χ4n) is 3.67. The molecule has 0 amide bonds. The van der Waals surface area contributed by atoms with Gasteiger partial charge in [-0.25, -0.2) is 0 Å². The number of nitrogens with one attached hydrogen (secondary N) is 1. The minimum absolute atomic E-state index is 0.100. The minimum atomic E-state index is -3.53. The molecule has 2 saturated carbocycles. The van der Waals surface area contributed by atoms with Crippen LogP contribution in [0.5, 0.6) is 11.5 Å². The van der Waals surface area contributed by atoms with E-state index in [0.717, 1.165) is 17.5 Å². The Bertz CT molecular complexity index is 520. The number of rotatable bonds is 2. The molecule has 2 bridgehead atoms. The van der Waals surface area contributed by atoms with Crippen LogP contribution in [0.3, 0.4) is 0 Å². The van der Waals surface area contributed by atoms with E-state index in [9.17, 15) is 8.78 Å². The Morgan fingerprint density at radius 3 is 2.68 bits per heavy atom. The second-order valence-electron chi connectivity index (χ2n) is 5.75. The lowest BCUT2D eigenvalue weighted by molar-refractivity contribution is -0.286. The molecule has 3 atom stereocenters. The van der Waals surface area contributed by atoms with Gasteiger partial charge in [-0.2, -0.15) is 0 Å². The van der Waals surface area contributed by atoms with Gasteiger partial charge in [0, 0.05) is 17.8 Å². The number of benzene rings is 1. The van der Waals surface area contributed by atoms with Crippen molar-refractivity contribution >= 4 is 5.69 Å². The molecule has 3 nitrogen and oxygen atoms in total. The summed E-state index contributed by atoms with van der Waals surface area (Å²) in [6.45, 7) is 0. The zero-order valence-electron chi connectivity index (χ0n) is 10.4. The maximum atomic E-state index is 12.9. The standard InChI is InChI=1S/C14H15F2NO2/c15-14(16)18-12-4-3-10(7-13(12)19-14)17-11-6-8-1-2-9(11)5-8/h3-4,7-9,11,17H,1-2,5-6H2. The summed E-state index contributed by atoms with van der Waals surface area (Å²) < 4.78 is 34.7. The molecule has 5 heteroatoms. The van der Waals surface area contributed by atoms with Crippen molar-refractivity contribution in [1.29, 1.82) is 0 Å². The molecule has 0 radical (unpaired) electrons. The topological polar surface area (TPSA) is 30.5 Å². The van der Waals surface area contributed by atoms with Gasteiger partial charge in [0.15, 0.2) is 11.5 Å². The number of alkyl halides is 2. The van der Waals surface area contributed by atoms with E-state index in [0.29, 0.717) is 6.04 Å². The van der Waals surface area contributed by atoms with Gasteiger partial charge < -0.3 is 14.8 Å². The van der Waals surface area contributed by atoms with Crippen molar-refractivity contribution < 1.29 is 18.3 Å². The molecule has 0 aromatic heterocycles. The van der Waals surface area contributed by atoms with Crippen molar-refractivity contribution in [2.24, 2.45) is 11.8 Å². The lowest BCUT2D eigenvalue weighted by Gasteiger charge is -2.24. The van der Waals surface area contributed by atoms with Crippen molar-refractivity contribution in [1.82, 2.24) is 0 Å². The highest BCUT2D eigenvalue weighted by atomic mass is 19.3. The van der Waals surface area contributed by atoms with E-state index in [2.05, 4.69) is 14.8 Å². The average Bonchev–Trinajstić information content (AvgIpc) is 3.00. The van der Waals surface area contributed by atoms with Crippen molar-refractivity contribution in [3.63, 3.8) is 0 Å². The number of hydrogen-bond acceptors (Lipinski definition) is 3. The molecule has 1 N–H and O–H groups in total. The average molecular weight is 267 g/mol. The fourth-order valence-corrected chi connectivity index (χ4v) is 3.67. The highest BCUT2D eigenvalue weighted by Gasteiger charge is 2.44. The van der Waals surface area contributed by atoms with Crippen molar-refractivity contribution in [3.05, 3.63) is 18.2 Å². The summed E-state index contributed by atoms with van der Waals surface area (Å²) in [4.78, 5) is 0. The van der Waals surface area contributed by atoms with E-state index >= 15 is 0 Å². The van der Waals surface area contributed by atoms with Gasteiger partial charge in [-0.05, 0) is 43.2 Å². The van der Waals surface area contributed by atoms with Gasteiger partial charge in [-0.1, -0.05) is 6.42 Å². The van der Waals surface area contributed by atoms with E-state index in [1.807, 2.05) is 0 Å². The minimum Gasteiger partial charge on any atom is -0.395 e. The SMILES string of the molecule is FC1(F)Oc2ccc(NC3CC4CCC3C4)cc2O1. The largest absolute Gasteiger partial charge is 0.586 e. The van der Waals surface area contributed by atoms with Crippen molar-refractivity contribution in [2.75, 3.05) is 5.32 Å². The van der Waals surface area contributed by atoms with E-state index in [1.54, 1.807) is 12.1 Å². The summed E-state index contributed by atoms with van der Waals surface area (Å²) in [7, 11) is 0. The summed E-state index contributed by atoms with van der Waals surface area (Å²) in [5, 5.41) is 3.45. The van der Waals surface area contributed by atoms with Gasteiger partial charge in [0.1, 0.15) is 0 Å². The van der Waals surface area contributed by atoms with Crippen LogP contribution in [0.1, 0.15) is 25.7 Å². The van der Waals surface area contributed by atoms with Gasteiger partial charge in [0.25, 0.3) is 0 Å². The van der Waals surface area contributed by atoms with Crippen LogP contribution in [-0.2, 0) is 0 Å². The summed E-state index contributed by atoms with van der Waals surface area (Å²) in [5.41, 5.74) is 0.831. The van der Waals surface area contributed by atoms with Crippen LogP contribution >= 0.6 is 0 Å². The Labute approximate surface area is 109 Å². The maximum Gasteiger partial charge on any atom is 0.586 e. The molecule has 3 aliphatic rings. The Kier molecular flexibility index (Phi) is 2.23. The van der Waals surface area contributed by atoms with Crippen molar-refractivity contribution in [2.45, 2.75) is 38.0 Å². The summed E-state index contributed by atoms with van der Waals surface area (Å²) in [6.07, 6.45) is 1.59. The van der Waals surface area contributed by atoms with E-state index in [4.69, 9.17) is 0 Å². The third-order valence-corrected chi connectivity index (χ3v) is 4.49. The zero-order valence-corrected chi connectivity index (χ0v) is 10.4. The number of anilines is 1.